The van der Waals surface area contributed by atoms with E-state index < -0.39 is 11.1 Å². The molecule has 0 aliphatic carbocycles. The Morgan fingerprint density at radius 1 is 0.605 bits per heavy atom. The summed E-state index contributed by atoms with van der Waals surface area (Å²) in [6.07, 6.45) is 4.71. The van der Waals surface area contributed by atoms with Crippen LogP contribution in [0.3, 0.4) is 0 Å². The maximum Gasteiger partial charge on any atom is 0.272 e. The van der Waals surface area contributed by atoms with E-state index in [0.29, 0.717) is 30.4 Å². The number of pyridine rings is 1. The molecule has 2 aromatic heterocycles. The number of hydrogen-bond donors (Lipinski definition) is 2. The molecule has 0 spiro atoms. The molecule has 0 atom stereocenters. The monoisotopic (exact) mass is 503 g/mol. The van der Waals surface area contributed by atoms with Crippen molar-refractivity contribution in [3.05, 3.63) is 157 Å². The smallest absolute Gasteiger partial charge is 0.272 e. The van der Waals surface area contributed by atoms with E-state index in [-0.39, 0.29) is 10.7 Å². The number of aromatic amines is 2. The highest BCUT2D eigenvalue weighted by atomic mass is 16.5. The Hall–Kier alpha value is -5.17. The highest BCUT2D eigenvalue weighted by molar-refractivity contribution is 5.50. The second-order valence-corrected chi connectivity index (χ2v) is 8.56. The molecule has 2 heterocycles. The number of hydrogen-bond acceptors (Lipinski definition) is 5. The summed E-state index contributed by atoms with van der Waals surface area (Å²) in [5.41, 5.74) is 2.56. The van der Waals surface area contributed by atoms with Crippen molar-refractivity contribution < 1.29 is 9.47 Å². The number of rotatable bonds is 8. The molecular formula is C31H25N3O4. The summed E-state index contributed by atoms with van der Waals surface area (Å²) < 4.78 is 11.5. The molecule has 0 saturated heterocycles. The summed E-state index contributed by atoms with van der Waals surface area (Å²) in [4.78, 5) is 34.9. The largest absolute Gasteiger partial charge is 0.489 e. The molecular weight excluding hydrogens is 478 g/mol. The quantitative estimate of drug-likeness (QED) is 0.339. The molecule has 3 aromatic carbocycles. The second kappa shape index (κ2) is 11.7. The Bertz CT molecular complexity index is 1590. The zero-order chi connectivity index (χ0) is 26.2. The Labute approximate surface area is 218 Å². The highest BCUT2D eigenvalue weighted by Gasteiger charge is 2.01. The minimum Gasteiger partial charge on any atom is -0.489 e. The van der Waals surface area contributed by atoms with Crippen LogP contribution in [0.25, 0.3) is 12.2 Å². The maximum absolute atomic E-state index is 12.6. The average molecular weight is 504 g/mol. The Kier molecular flexibility index (Phi) is 7.56. The van der Waals surface area contributed by atoms with Gasteiger partial charge in [-0.1, -0.05) is 72.8 Å². The lowest BCUT2D eigenvalue weighted by atomic mass is 10.2. The summed E-state index contributed by atoms with van der Waals surface area (Å²) in [6.45, 7) is 0.896. The van der Waals surface area contributed by atoms with E-state index in [2.05, 4.69) is 15.0 Å². The van der Waals surface area contributed by atoms with Crippen LogP contribution in [0.4, 0.5) is 0 Å². The molecule has 0 bridgehead atoms. The predicted molar refractivity (Wildman–Crippen MR) is 146 cm³/mol. The lowest BCUT2D eigenvalue weighted by Crippen LogP contribution is -2.46. The number of nitrogens with one attached hydrogen (secondary N) is 2. The van der Waals surface area contributed by atoms with Gasteiger partial charge in [0.05, 0.1) is 11.9 Å². The van der Waals surface area contributed by atoms with Gasteiger partial charge >= 0.3 is 0 Å². The molecule has 38 heavy (non-hydrogen) atoms. The standard InChI is InChI=1S/C31H25N3O4/c35-30-28(17-22-11-14-26(15-12-22)37-20-23-7-3-1-4-8-23)33-31(36)29(34-30)18-25-13-16-27(19-32-25)38-21-24-9-5-2-6-10-24/h1-19H,20-21H2,(H,33,36)(H,34,35)/b28-17+,29-18+. The van der Waals surface area contributed by atoms with Gasteiger partial charge in [0.15, 0.2) is 0 Å². The van der Waals surface area contributed by atoms with Crippen molar-refractivity contribution in [2.24, 2.45) is 0 Å². The van der Waals surface area contributed by atoms with Crippen molar-refractivity contribution in [2.45, 2.75) is 13.2 Å². The topological polar surface area (TPSA) is 97.1 Å². The van der Waals surface area contributed by atoms with Crippen molar-refractivity contribution in [1.29, 1.82) is 0 Å². The summed E-state index contributed by atoms with van der Waals surface area (Å²) >= 11 is 0. The van der Waals surface area contributed by atoms with E-state index >= 15 is 0 Å². The molecule has 5 aromatic rings. The second-order valence-electron chi connectivity index (χ2n) is 8.56. The zero-order valence-electron chi connectivity index (χ0n) is 20.5. The third-order valence-electron chi connectivity index (χ3n) is 5.72. The first kappa shape index (κ1) is 24.5. The lowest BCUT2D eigenvalue weighted by Gasteiger charge is -2.06. The minimum absolute atomic E-state index is 0.113. The van der Waals surface area contributed by atoms with Crippen LogP contribution in [0, 0.1) is 0 Å². The average Bonchev–Trinajstić information content (AvgIpc) is 2.96. The zero-order valence-corrected chi connectivity index (χ0v) is 20.5. The molecule has 0 amide bonds. The van der Waals surface area contributed by atoms with Gasteiger partial charge in [-0.3, -0.25) is 14.6 Å². The van der Waals surface area contributed by atoms with Crippen molar-refractivity contribution >= 4 is 12.2 Å². The van der Waals surface area contributed by atoms with Crippen LogP contribution in [0.1, 0.15) is 22.4 Å². The Morgan fingerprint density at radius 2 is 1.13 bits per heavy atom. The van der Waals surface area contributed by atoms with Crippen molar-refractivity contribution in [1.82, 2.24) is 15.0 Å². The van der Waals surface area contributed by atoms with E-state index in [1.54, 1.807) is 24.4 Å². The van der Waals surface area contributed by atoms with Crippen molar-refractivity contribution in [2.75, 3.05) is 0 Å². The van der Waals surface area contributed by atoms with Crippen LogP contribution >= 0.6 is 0 Å². The number of aromatic nitrogens is 3. The molecule has 2 N–H and O–H groups in total. The SMILES string of the molecule is O=c1[nH]/c(=C/c2ccc(OCc3ccccc3)cn2)c(=O)[nH]/c1=C/c1ccc(OCc2ccccc2)cc1. The summed E-state index contributed by atoms with van der Waals surface area (Å²) in [6, 6.07) is 30.5. The Balaban J connectivity index is 1.28. The first-order valence-corrected chi connectivity index (χ1v) is 12.1. The van der Waals surface area contributed by atoms with E-state index in [9.17, 15) is 9.59 Å². The third kappa shape index (κ3) is 6.53. The number of H-pyrrole nitrogens is 2. The fourth-order valence-electron chi connectivity index (χ4n) is 3.72. The Morgan fingerprint density at radius 3 is 1.68 bits per heavy atom. The van der Waals surface area contributed by atoms with Crippen molar-refractivity contribution in [3.8, 4) is 11.5 Å². The molecule has 5 rings (SSSR count). The summed E-state index contributed by atoms with van der Waals surface area (Å²) in [5.74, 6) is 1.32. The van der Waals surface area contributed by atoms with Crippen LogP contribution < -0.4 is 31.3 Å². The molecule has 0 fully saturated rings. The molecule has 0 aliphatic heterocycles. The van der Waals surface area contributed by atoms with Gasteiger partial charge in [0.1, 0.15) is 35.4 Å². The fraction of sp³-hybridized carbons (Fsp3) is 0.0645. The van der Waals surface area contributed by atoms with Crippen molar-refractivity contribution in [3.63, 3.8) is 0 Å². The lowest BCUT2D eigenvalue weighted by molar-refractivity contribution is 0.305. The minimum atomic E-state index is -0.426. The molecule has 0 unspecified atom stereocenters. The van der Waals surface area contributed by atoms with Gasteiger partial charge < -0.3 is 19.4 Å². The first-order valence-electron chi connectivity index (χ1n) is 12.1. The molecule has 188 valence electrons. The predicted octanol–water partition coefficient (Wildman–Crippen LogP) is 3.27. The van der Waals surface area contributed by atoms with Gasteiger partial charge in [-0.2, -0.15) is 0 Å². The van der Waals surface area contributed by atoms with Crippen LogP contribution in [0.5, 0.6) is 11.5 Å². The molecule has 0 aliphatic rings. The van der Waals surface area contributed by atoms with Gasteiger partial charge in [0.2, 0.25) is 0 Å². The number of benzene rings is 3. The van der Waals surface area contributed by atoms with E-state index in [4.69, 9.17) is 9.47 Å². The van der Waals surface area contributed by atoms with Gasteiger partial charge in [0.25, 0.3) is 11.1 Å². The van der Waals surface area contributed by atoms with Gasteiger partial charge in [-0.15, -0.1) is 0 Å². The maximum atomic E-state index is 12.6. The van der Waals surface area contributed by atoms with Crippen LogP contribution in [-0.4, -0.2) is 15.0 Å². The fourth-order valence-corrected chi connectivity index (χ4v) is 3.72. The van der Waals surface area contributed by atoms with E-state index in [1.165, 1.54) is 6.08 Å². The van der Waals surface area contributed by atoms with Crippen LogP contribution in [-0.2, 0) is 13.2 Å². The van der Waals surface area contributed by atoms with E-state index in [0.717, 1.165) is 16.7 Å². The summed E-state index contributed by atoms with van der Waals surface area (Å²) in [5, 5.41) is 0.269. The summed E-state index contributed by atoms with van der Waals surface area (Å²) in [7, 11) is 0. The van der Waals surface area contributed by atoms with E-state index in [1.807, 2.05) is 84.9 Å². The molecule has 0 radical (unpaired) electrons. The number of nitrogens with zero attached hydrogens (tertiary/aromatic N) is 1. The van der Waals surface area contributed by atoms with Crippen LogP contribution in [0.15, 0.2) is 113 Å². The molecule has 7 nitrogen and oxygen atoms in total. The third-order valence-corrected chi connectivity index (χ3v) is 5.72. The van der Waals surface area contributed by atoms with Gasteiger partial charge in [-0.25, -0.2) is 0 Å². The normalized spacial score (nSPS) is 11.9. The van der Waals surface area contributed by atoms with Crippen LogP contribution in [0.2, 0.25) is 0 Å². The van der Waals surface area contributed by atoms with Gasteiger partial charge in [-0.05, 0) is 53.1 Å². The van der Waals surface area contributed by atoms with Gasteiger partial charge in [0, 0.05) is 0 Å². The molecule has 7 heteroatoms. The number of ether oxygens (including phenoxy) is 2. The highest BCUT2D eigenvalue weighted by Crippen LogP contribution is 2.15. The first-order chi connectivity index (χ1) is 18.6. The molecule has 0 saturated carbocycles.